The van der Waals surface area contributed by atoms with Gasteiger partial charge in [0.25, 0.3) is 11.8 Å². The van der Waals surface area contributed by atoms with Crippen LogP contribution in [0, 0.1) is 0 Å². The lowest BCUT2D eigenvalue weighted by molar-refractivity contribution is -0.111. The summed E-state index contributed by atoms with van der Waals surface area (Å²) >= 11 is 0. The van der Waals surface area contributed by atoms with Crippen molar-refractivity contribution in [1.29, 1.82) is 0 Å². The zero-order valence-corrected chi connectivity index (χ0v) is 11.2. The maximum Gasteiger partial charge on any atom is 0.262 e. The molecule has 4 heteroatoms. The molecule has 1 aliphatic heterocycles. The van der Waals surface area contributed by atoms with Crippen molar-refractivity contribution in [1.82, 2.24) is 4.90 Å². The van der Waals surface area contributed by atoms with Crippen LogP contribution in [0.25, 0.3) is 0 Å². The van der Waals surface area contributed by atoms with Crippen molar-refractivity contribution in [2.45, 2.75) is 12.5 Å². The molecule has 1 aliphatic rings. The predicted molar refractivity (Wildman–Crippen MR) is 76.9 cm³/mol. The molecule has 0 aliphatic carbocycles. The van der Waals surface area contributed by atoms with Crippen molar-refractivity contribution in [2.75, 3.05) is 0 Å². The number of nitrogens with zero attached hydrogens (tertiary/aromatic N) is 1. The van der Waals surface area contributed by atoms with E-state index in [4.69, 9.17) is 0 Å². The van der Waals surface area contributed by atoms with Gasteiger partial charge in [-0.05, 0) is 17.7 Å². The number of hydrogen-bond donors (Lipinski definition) is 0. The second-order valence-corrected chi connectivity index (χ2v) is 4.92. The van der Waals surface area contributed by atoms with E-state index in [9.17, 15) is 14.4 Å². The molecule has 0 unspecified atom stereocenters. The van der Waals surface area contributed by atoms with Crippen LogP contribution in [0.2, 0.25) is 0 Å². The molecule has 0 fully saturated rings. The SMILES string of the molecule is O=C[C@@H](Cc1ccccc1)N1C(=O)c2ccccc2C1=O. The second kappa shape index (κ2) is 5.32. The van der Waals surface area contributed by atoms with Gasteiger partial charge in [-0.2, -0.15) is 0 Å². The minimum Gasteiger partial charge on any atom is -0.301 e. The molecule has 0 bridgehead atoms. The van der Waals surface area contributed by atoms with Gasteiger partial charge in [0.2, 0.25) is 0 Å². The van der Waals surface area contributed by atoms with Crippen LogP contribution >= 0.6 is 0 Å². The maximum atomic E-state index is 12.3. The number of imide groups is 1. The molecule has 4 nitrogen and oxygen atoms in total. The Kier molecular flexibility index (Phi) is 3.36. The van der Waals surface area contributed by atoms with Gasteiger partial charge < -0.3 is 4.79 Å². The van der Waals surface area contributed by atoms with Crippen molar-refractivity contribution in [3.8, 4) is 0 Å². The minimum atomic E-state index is -0.778. The summed E-state index contributed by atoms with van der Waals surface area (Å²) in [7, 11) is 0. The molecule has 0 saturated heterocycles. The molecule has 1 atom stereocenters. The highest BCUT2D eigenvalue weighted by Gasteiger charge is 2.39. The molecule has 2 aromatic carbocycles. The van der Waals surface area contributed by atoms with E-state index in [1.807, 2.05) is 30.3 Å². The number of aldehydes is 1. The van der Waals surface area contributed by atoms with E-state index in [0.29, 0.717) is 23.8 Å². The fraction of sp³-hybridized carbons (Fsp3) is 0.118. The maximum absolute atomic E-state index is 12.3. The fourth-order valence-electron chi connectivity index (χ4n) is 2.56. The first kappa shape index (κ1) is 13.2. The number of carbonyl (C=O) groups is 3. The Morgan fingerprint density at radius 2 is 1.38 bits per heavy atom. The van der Waals surface area contributed by atoms with Gasteiger partial charge in [0.15, 0.2) is 0 Å². The van der Waals surface area contributed by atoms with Crippen molar-refractivity contribution in [3.63, 3.8) is 0 Å². The number of fused-ring (bicyclic) bond motifs is 1. The van der Waals surface area contributed by atoms with E-state index in [-0.39, 0.29) is 0 Å². The number of carbonyl (C=O) groups excluding carboxylic acids is 3. The average molecular weight is 279 g/mol. The number of hydrogen-bond acceptors (Lipinski definition) is 3. The molecule has 0 aromatic heterocycles. The quantitative estimate of drug-likeness (QED) is 0.636. The van der Waals surface area contributed by atoms with Gasteiger partial charge in [-0.3, -0.25) is 14.5 Å². The van der Waals surface area contributed by atoms with Gasteiger partial charge in [0, 0.05) is 6.42 Å². The van der Waals surface area contributed by atoms with Crippen molar-refractivity contribution in [2.24, 2.45) is 0 Å². The normalized spacial score (nSPS) is 15.0. The van der Waals surface area contributed by atoms with Crippen LogP contribution < -0.4 is 0 Å². The fourth-order valence-corrected chi connectivity index (χ4v) is 2.56. The van der Waals surface area contributed by atoms with Crippen molar-refractivity contribution in [3.05, 3.63) is 71.3 Å². The molecule has 2 amide bonds. The standard InChI is InChI=1S/C17H13NO3/c19-11-13(10-12-6-2-1-3-7-12)18-16(20)14-8-4-5-9-15(14)17(18)21/h1-9,11,13H,10H2/t13-/m1/s1. The summed E-state index contributed by atoms with van der Waals surface area (Å²) in [4.78, 5) is 37.1. The molecule has 1 heterocycles. The van der Waals surface area contributed by atoms with E-state index >= 15 is 0 Å². The lowest BCUT2D eigenvalue weighted by Crippen LogP contribution is -2.42. The van der Waals surface area contributed by atoms with Crippen LogP contribution in [-0.2, 0) is 11.2 Å². The van der Waals surface area contributed by atoms with Gasteiger partial charge >= 0.3 is 0 Å². The predicted octanol–water partition coefficient (Wildman–Crippen LogP) is 2.09. The molecular formula is C17H13NO3. The smallest absolute Gasteiger partial charge is 0.262 e. The first-order valence-corrected chi connectivity index (χ1v) is 6.68. The summed E-state index contributed by atoms with van der Waals surface area (Å²) in [6, 6.07) is 15.2. The third kappa shape index (κ3) is 2.25. The van der Waals surface area contributed by atoms with Gasteiger partial charge in [-0.15, -0.1) is 0 Å². The summed E-state index contributed by atoms with van der Waals surface area (Å²) in [5.74, 6) is -0.799. The van der Waals surface area contributed by atoms with E-state index < -0.39 is 17.9 Å². The zero-order chi connectivity index (χ0) is 14.8. The lowest BCUT2D eigenvalue weighted by atomic mass is 10.1. The van der Waals surface area contributed by atoms with Gasteiger partial charge in [-0.1, -0.05) is 42.5 Å². The monoisotopic (exact) mass is 279 g/mol. The van der Waals surface area contributed by atoms with Crippen LogP contribution in [0.15, 0.2) is 54.6 Å². The van der Waals surface area contributed by atoms with Crippen LogP contribution in [0.1, 0.15) is 26.3 Å². The minimum absolute atomic E-state index is 0.329. The van der Waals surface area contributed by atoms with E-state index in [1.54, 1.807) is 24.3 Å². The summed E-state index contributed by atoms with van der Waals surface area (Å²) in [6.45, 7) is 0. The van der Waals surface area contributed by atoms with E-state index in [2.05, 4.69) is 0 Å². The number of benzene rings is 2. The second-order valence-electron chi connectivity index (χ2n) is 4.92. The Hall–Kier alpha value is -2.75. The molecule has 0 N–H and O–H groups in total. The largest absolute Gasteiger partial charge is 0.301 e. The first-order chi connectivity index (χ1) is 10.2. The molecule has 0 spiro atoms. The van der Waals surface area contributed by atoms with Crippen LogP contribution in [0.3, 0.4) is 0 Å². The zero-order valence-electron chi connectivity index (χ0n) is 11.2. The third-order valence-corrected chi connectivity index (χ3v) is 3.60. The number of rotatable bonds is 4. The molecule has 3 rings (SSSR count). The average Bonchev–Trinajstić information content (AvgIpc) is 2.78. The molecule has 21 heavy (non-hydrogen) atoms. The van der Waals surface area contributed by atoms with Crippen LogP contribution in [-0.4, -0.2) is 29.0 Å². The van der Waals surface area contributed by atoms with E-state index in [1.165, 1.54) is 0 Å². The van der Waals surface area contributed by atoms with Gasteiger partial charge in [-0.25, -0.2) is 0 Å². The van der Waals surface area contributed by atoms with Gasteiger partial charge in [0.1, 0.15) is 6.29 Å². The van der Waals surface area contributed by atoms with Crippen LogP contribution in [0.5, 0.6) is 0 Å². The molecule has 104 valence electrons. The Labute approximate surface area is 122 Å². The summed E-state index contributed by atoms with van der Waals surface area (Å²) in [5, 5.41) is 0. The summed E-state index contributed by atoms with van der Waals surface area (Å²) in [5.41, 5.74) is 1.64. The van der Waals surface area contributed by atoms with Crippen LogP contribution in [0.4, 0.5) is 0 Å². The highest BCUT2D eigenvalue weighted by molar-refractivity contribution is 6.22. The topological polar surface area (TPSA) is 54.5 Å². The highest BCUT2D eigenvalue weighted by Crippen LogP contribution is 2.25. The molecule has 2 aromatic rings. The summed E-state index contributed by atoms with van der Waals surface area (Å²) in [6.07, 6.45) is 0.991. The highest BCUT2D eigenvalue weighted by atomic mass is 16.2. The van der Waals surface area contributed by atoms with Crippen molar-refractivity contribution < 1.29 is 14.4 Å². The Morgan fingerprint density at radius 1 is 0.857 bits per heavy atom. The third-order valence-electron chi connectivity index (χ3n) is 3.60. The molecular weight excluding hydrogens is 266 g/mol. The first-order valence-electron chi connectivity index (χ1n) is 6.68. The lowest BCUT2D eigenvalue weighted by Gasteiger charge is -2.21. The Bertz CT molecular complexity index is 674. The molecule has 0 radical (unpaired) electrons. The molecule has 0 saturated carbocycles. The number of amides is 2. The Morgan fingerprint density at radius 3 is 1.90 bits per heavy atom. The van der Waals surface area contributed by atoms with Gasteiger partial charge in [0.05, 0.1) is 17.2 Å². The Balaban J connectivity index is 1.91. The van der Waals surface area contributed by atoms with E-state index in [0.717, 1.165) is 10.5 Å². The summed E-state index contributed by atoms with van der Waals surface area (Å²) < 4.78 is 0. The van der Waals surface area contributed by atoms with Crippen molar-refractivity contribution >= 4 is 18.1 Å².